The molecule has 1 aromatic heterocycles. The predicted molar refractivity (Wildman–Crippen MR) is 187 cm³/mol. The number of hydrogen-bond acceptors (Lipinski definition) is 8. The highest BCUT2D eigenvalue weighted by Crippen LogP contribution is 2.39. The summed E-state index contributed by atoms with van der Waals surface area (Å²) in [5.74, 6) is 0.918. The molecule has 1 heterocycles. The second kappa shape index (κ2) is 17.5. The van der Waals surface area contributed by atoms with Gasteiger partial charge >= 0.3 is 0 Å². The van der Waals surface area contributed by atoms with Crippen molar-refractivity contribution in [2.24, 2.45) is 5.73 Å². The van der Waals surface area contributed by atoms with Gasteiger partial charge < -0.3 is 35.2 Å². The first-order chi connectivity index (χ1) is 21.9. The maximum absolute atomic E-state index is 14.3. The van der Waals surface area contributed by atoms with Crippen LogP contribution in [0, 0.1) is 10.8 Å². The Morgan fingerprint density at radius 1 is 0.783 bits per heavy atom. The number of allylic oxidation sites excluding steroid dienone is 4. The number of aliphatic hydroxyl groups excluding tert-OH is 1. The summed E-state index contributed by atoms with van der Waals surface area (Å²) in [4.78, 5) is 14.3. The third-order valence-corrected chi connectivity index (χ3v) is 7.86. The van der Waals surface area contributed by atoms with E-state index in [0.717, 1.165) is 56.1 Å². The summed E-state index contributed by atoms with van der Waals surface area (Å²) in [6.45, 7) is 10.2. The second-order valence-corrected chi connectivity index (χ2v) is 12.5. The SMILES string of the molecule is CC(=N)CCCCCOc1cc2oc3cc(OCCCCCC(=N)N)c(CO)c(CC=C(C)C)c3c(=O)c2c(O)c1CC=C(C)C. The van der Waals surface area contributed by atoms with Crippen molar-refractivity contribution < 1.29 is 24.1 Å². The van der Waals surface area contributed by atoms with Gasteiger partial charge in [-0.2, -0.15) is 0 Å². The zero-order valence-electron chi connectivity index (χ0n) is 28.1. The molecule has 6 N–H and O–H groups in total. The Kier molecular flexibility index (Phi) is 13.9. The summed E-state index contributed by atoms with van der Waals surface area (Å²) in [5, 5.41) is 37.5. The highest BCUT2D eigenvalue weighted by molar-refractivity contribution is 5.97. The number of hydrogen-bond donors (Lipinski definition) is 5. The van der Waals surface area contributed by atoms with E-state index in [-0.39, 0.29) is 34.6 Å². The number of amidine groups is 1. The molecule has 2 aromatic carbocycles. The van der Waals surface area contributed by atoms with Gasteiger partial charge in [0.05, 0.1) is 31.0 Å². The van der Waals surface area contributed by atoms with Gasteiger partial charge in [0.2, 0.25) is 5.43 Å². The van der Waals surface area contributed by atoms with Gasteiger partial charge in [-0.3, -0.25) is 10.2 Å². The third kappa shape index (κ3) is 9.94. The minimum absolute atomic E-state index is 0.0833. The van der Waals surface area contributed by atoms with Gasteiger partial charge in [0.1, 0.15) is 33.8 Å². The largest absolute Gasteiger partial charge is 0.507 e. The first-order valence-electron chi connectivity index (χ1n) is 16.2. The van der Waals surface area contributed by atoms with E-state index in [1.165, 1.54) is 0 Å². The lowest BCUT2D eigenvalue weighted by atomic mass is 9.95. The number of rotatable bonds is 19. The smallest absolute Gasteiger partial charge is 0.204 e. The molecule has 0 saturated heterocycles. The van der Waals surface area contributed by atoms with E-state index in [1.807, 2.05) is 46.8 Å². The van der Waals surface area contributed by atoms with Gasteiger partial charge in [-0.1, -0.05) is 23.3 Å². The Bertz CT molecular complexity index is 1660. The number of aromatic hydroxyl groups is 1. The van der Waals surface area contributed by atoms with Gasteiger partial charge in [0, 0.05) is 35.4 Å². The molecule has 0 bridgehead atoms. The molecule has 3 rings (SSSR count). The molecule has 0 unspecified atom stereocenters. The maximum Gasteiger partial charge on any atom is 0.204 e. The molecule has 0 saturated carbocycles. The van der Waals surface area contributed by atoms with Crippen LogP contribution in [0.25, 0.3) is 21.9 Å². The Hall–Kier alpha value is -4.11. The molecule has 0 amide bonds. The van der Waals surface area contributed by atoms with Gasteiger partial charge in [-0.25, -0.2) is 0 Å². The van der Waals surface area contributed by atoms with Crippen molar-refractivity contribution in [1.29, 1.82) is 10.8 Å². The molecule has 0 atom stereocenters. The van der Waals surface area contributed by atoms with Crippen molar-refractivity contribution in [3.63, 3.8) is 0 Å². The number of phenols is 1. The quantitative estimate of drug-likeness (QED) is 0.0293. The van der Waals surface area contributed by atoms with Crippen molar-refractivity contribution in [2.45, 2.75) is 105 Å². The van der Waals surface area contributed by atoms with E-state index in [9.17, 15) is 15.0 Å². The number of unbranched alkanes of at least 4 members (excludes halogenated alkanes) is 4. The third-order valence-electron chi connectivity index (χ3n) is 7.86. The van der Waals surface area contributed by atoms with E-state index >= 15 is 0 Å². The number of fused-ring (bicyclic) bond motifs is 2. The van der Waals surface area contributed by atoms with Crippen molar-refractivity contribution >= 4 is 33.5 Å². The zero-order chi connectivity index (χ0) is 33.8. The zero-order valence-corrected chi connectivity index (χ0v) is 28.1. The van der Waals surface area contributed by atoms with Gasteiger partial charge in [0.15, 0.2) is 0 Å². The van der Waals surface area contributed by atoms with Crippen LogP contribution in [0.2, 0.25) is 0 Å². The minimum Gasteiger partial charge on any atom is -0.507 e. The van der Waals surface area contributed by atoms with Crippen LogP contribution in [0.15, 0.2) is 44.6 Å². The minimum atomic E-state index is -0.372. The topological polar surface area (TPSA) is 163 Å². The molecule has 0 radical (unpaired) electrons. The molecule has 0 aliphatic heterocycles. The number of ether oxygens (including phenoxy) is 2. The molecule has 250 valence electrons. The van der Waals surface area contributed by atoms with Crippen LogP contribution in [0.4, 0.5) is 0 Å². The highest BCUT2D eigenvalue weighted by atomic mass is 16.5. The van der Waals surface area contributed by atoms with Crippen molar-refractivity contribution in [3.05, 3.63) is 62.3 Å². The van der Waals surface area contributed by atoms with E-state index in [4.69, 9.17) is 30.4 Å². The lowest BCUT2D eigenvalue weighted by Crippen LogP contribution is -2.11. The first-order valence-corrected chi connectivity index (χ1v) is 16.2. The predicted octanol–water partition coefficient (Wildman–Crippen LogP) is 8.02. The fraction of sp³-hybridized carbons (Fsp3) is 0.486. The Labute approximate surface area is 272 Å². The number of nitrogens with one attached hydrogen (secondary N) is 2. The number of phenolic OH excluding ortho intramolecular Hbond substituents is 1. The van der Waals surface area contributed by atoms with Crippen LogP contribution in [0.5, 0.6) is 17.2 Å². The Morgan fingerprint density at radius 3 is 1.83 bits per heavy atom. The van der Waals surface area contributed by atoms with E-state index < -0.39 is 0 Å². The number of nitrogens with two attached hydrogens (primary N) is 1. The molecule has 9 nitrogen and oxygen atoms in total. The molecule has 9 heteroatoms. The monoisotopic (exact) mass is 633 g/mol. The summed E-state index contributed by atoms with van der Waals surface area (Å²) >= 11 is 0. The summed E-state index contributed by atoms with van der Waals surface area (Å²) in [6, 6.07) is 3.35. The normalized spacial score (nSPS) is 11.1. The number of aliphatic hydroxyl groups is 1. The lowest BCUT2D eigenvalue weighted by Gasteiger charge is -2.18. The average Bonchev–Trinajstić information content (AvgIpc) is 2.98. The fourth-order valence-corrected chi connectivity index (χ4v) is 5.36. The Morgan fingerprint density at radius 2 is 1.30 bits per heavy atom. The van der Waals surface area contributed by atoms with E-state index in [0.29, 0.717) is 77.3 Å². The van der Waals surface area contributed by atoms with Crippen LogP contribution in [-0.4, -0.2) is 35.0 Å². The summed E-state index contributed by atoms with van der Waals surface area (Å²) in [5.41, 5.74) is 10.0. The molecule has 0 spiro atoms. The summed E-state index contributed by atoms with van der Waals surface area (Å²) < 4.78 is 18.7. The molecule has 0 aliphatic rings. The Balaban J connectivity index is 2.13. The molecular weight excluding hydrogens is 582 g/mol. The van der Waals surface area contributed by atoms with Crippen LogP contribution in [0.1, 0.15) is 103 Å². The molecule has 0 fully saturated rings. The maximum atomic E-state index is 14.3. The van der Waals surface area contributed by atoms with Crippen LogP contribution in [0.3, 0.4) is 0 Å². The van der Waals surface area contributed by atoms with Crippen molar-refractivity contribution in [2.75, 3.05) is 13.2 Å². The number of benzene rings is 2. The van der Waals surface area contributed by atoms with Crippen LogP contribution in [-0.2, 0) is 19.4 Å². The van der Waals surface area contributed by atoms with Crippen molar-refractivity contribution in [3.8, 4) is 17.2 Å². The molecule has 0 aliphatic carbocycles. The lowest BCUT2D eigenvalue weighted by molar-refractivity contribution is 0.259. The second-order valence-electron chi connectivity index (χ2n) is 12.5. The van der Waals surface area contributed by atoms with Gasteiger partial charge in [-0.05, 0) is 98.0 Å². The molecule has 3 aromatic rings. The molecule has 46 heavy (non-hydrogen) atoms. The van der Waals surface area contributed by atoms with Gasteiger partial charge in [-0.15, -0.1) is 0 Å². The summed E-state index contributed by atoms with van der Waals surface area (Å²) in [7, 11) is 0. The van der Waals surface area contributed by atoms with Crippen LogP contribution >= 0.6 is 0 Å². The average molecular weight is 634 g/mol. The van der Waals surface area contributed by atoms with E-state index in [2.05, 4.69) is 0 Å². The standard InChI is InChI=1S/C37H51N3O6/c1-23(2)14-16-26-28(22-41)30(45-19-11-7-9-13-33(39)40)21-31-34(26)37(43)35-32(46-31)20-29(27(36(35)42)17-15-24(3)4)44-18-10-6-8-12-25(5)38/h14-15,20-21,38,41-42H,6-13,16-19,22H2,1-5H3,(H3,39,40). The van der Waals surface area contributed by atoms with Crippen molar-refractivity contribution in [1.82, 2.24) is 0 Å². The van der Waals surface area contributed by atoms with E-state index in [1.54, 1.807) is 12.1 Å². The van der Waals surface area contributed by atoms with Gasteiger partial charge in [0.25, 0.3) is 0 Å². The summed E-state index contributed by atoms with van der Waals surface area (Å²) in [6.07, 6.45) is 11.0. The molecular formula is C37H51N3O6. The highest BCUT2D eigenvalue weighted by Gasteiger charge is 2.23. The van der Waals surface area contributed by atoms with Crippen LogP contribution < -0.4 is 20.6 Å². The first kappa shape index (κ1) is 36.4. The fourth-order valence-electron chi connectivity index (χ4n) is 5.36.